The molecule has 0 aliphatic heterocycles. The maximum Gasteiger partial charge on any atom is 0.341 e. The van der Waals surface area contributed by atoms with E-state index in [4.69, 9.17) is 4.74 Å². The third kappa shape index (κ3) is 3.04. The SMILES string of the molecule is COC(=O)c1c(NC(=O)Cn2cnc3sc(C)c(C)c3c2=O)sc2c1CCC2. The van der Waals surface area contributed by atoms with Gasteiger partial charge in [-0.2, -0.15) is 0 Å². The summed E-state index contributed by atoms with van der Waals surface area (Å²) in [5, 5.41) is 3.84. The molecule has 3 heterocycles. The van der Waals surface area contributed by atoms with Gasteiger partial charge in [-0.05, 0) is 44.2 Å². The lowest BCUT2D eigenvalue weighted by molar-refractivity contribution is -0.116. The summed E-state index contributed by atoms with van der Waals surface area (Å²) in [6.07, 6.45) is 4.11. The molecule has 0 radical (unpaired) electrons. The van der Waals surface area contributed by atoms with Crippen LogP contribution >= 0.6 is 22.7 Å². The lowest BCUT2D eigenvalue weighted by Gasteiger charge is -2.08. The number of nitrogens with one attached hydrogen (secondary N) is 1. The molecule has 0 aromatic carbocycles. The summed E-state index contributed by atoms with van der Waals surface area (Å²) in [6.45, 7) is 3.67. The quantitative estimate of drug-likeness (QED) is 0.659. The summed E-state index contributed by atoms with van der Waals surface area (Å²) in [5.74, 6) is -0.822. The number of hydrogen-bond donors (Lipinski definition) is 1. The molecule has 4 rings (SSSR count). The third-order valence-electron chi connectivity index (χ3n) is 5.03. The van der Waals surface area contributed by atoms with E-state index in [1.54, 1.807) is 0 Å². The van der Waals surface area contributed by atoms with Gasteiger partial charge in [-0.25, -0.2) is 9.78 Å². The van der Waals surface area contributed by atoms with E-state index in [0.29, 0.717) is 20.8 Å². The van der Waals surface area contributed by atoms with Crippen molar-refractivity contribution < 1.29 is 14.3 Å². The van der Waals surface area contributed by atoms with E-state index >= 15 is 0 Å². The molecule has 1 amide bonds. The minimum atomic E-state index is -0.445. The second kappa shape index (κ2) is 7.14. The molecule has 7 nitrogen and oxygen atoms in total. The van der Waals surface area contributed by atoms with Gasteiger partial charge in [-0.3, -0.25) is 14.2 Å². The van der Waals surface area contributed by atoms with Crippen LogP contribution in [0.4, 0.5) is 5.00 Å². The fourth-order valence-electron chi connectivity index (χ4n) is 3.51. The van der Waals surface area contributed by atoms with E-state index in [9.17, 15) is 14.4 Å². The number of aryl methyl sites for hydroxylation is 3. The summed E-state index contributed by atoms with van der Waals surface area (Å²) < 4.78 is 6.20. The number of aromatic nitrogens is 2. The second-order valence-electron chi connectivity index (χ2n) is 6.74. The number of fused-ring (bicyclic) bond motifs is 2. The average Bonchev–Trinajstić information content (AvgIpc) is 3.31. The number of hydrogen-bond acceptors (Lipinski definition) is 7. The Labute approximate surface area is 169 Å². The van der Waals surface area contributed by atoms with Crippen LogP contribution in [0, 0.1) is 13.8 Å². The minimum Gasteiger partial charge on any atom is -0.465 e. The monoisotopic (exact) mass is 417 g/mol. The summed E-state index contributed by atoms with van der Waals surface area (Å²) in [7, 11) is 1.33. The van der Waals surface area contributed by atoms with Gasteiger partial charge in [0.2, 0.25) is 5.91 Å². The van der Waals surface area contributed by atoms with E-state index in [2.05, 4.69) is 10.3 Å². The molecular weight excluding hydrogens is 398 g/mol. The van der Waals surface area contributed by atoms with E-state index in [1.807, 2.05) is 13.8 Å². The normalized spacial score (nSPS) is 13.0. The molecule has 0 fully saturated rings. The van der Waals surface area contributed by atoms with Crippen LogP contribution in [0.3, 0.4) is 0 Å². The van der Waals surface area contributed by atoms with E-state index in [1.165, 1.54) is 40.7 Å². The lowest BCUT2D eigenvalue weighted by atomic mass is 10.1. The van der Waals surface area contributed by atoms with E-state index in [-0.39, 0.29) is 18.0 Å². The van der Waals surface area contributed by atoms with Crippen molar-refractivity contribution in [3.63, 3.8) is 0 Å². The van der Waals surface area contributed by atoms with Crippen molar-refractivity contribution in [2.75, 3.05) is 12.4 Å². The maximum absolute atomic E-state index is 12.8. The molecule has 146 valence electrons. The summed E-state index contributed by atoms with van der Waals surface area (Å²) in [5.41, 5.74) is 2.08. The number of methoxy groups -OCH3 is 1. The Kier molecular flexibility index (Phi) is 4.80. The molecule has 0 spiro atoms. The van der Waals surface area contributed by atoms with Crippen molar-refractivity contribution in [2.45, 2.75) is 39.7 Å². The van der Waals surface area contributed by atoms with Crippen LogP contribution in [0.5, 0.6) is 0 Å². The Hall–Kier alpha value is -2.52. The molecule has 0 unspecified atom stereocenters. The van der Waals surface area contributed by atoms with Gasteiger partial charge in [0, 0.05) is 9.75 Å². The highest BCUT2D eigenvalue weighted by Gasteiger charge is 2.28. The van der Waals surface area contributed by atoms with Gasteiger partial charge in [0.15, 0.2) is 0 Å². The number of anilines is 1. The zero-order chi connectivity index (χ0) is 20.0. The van der Waals surface area contributed by atoms with Gasteiger partial charge in [-0.1, -0.05) is 0 Å². The standard InChI is InChI=1S/C19H19N3O4S2/c1-9-10(2)27-16-14(9)18(24)22(8-20-16)7-13(23)21-17-15(19(25)26-3)11-5-4-6-12(11)28-17/h8H,4-7H2,1-3H3,(H,21,23). The van der Waals surface area contributed by atoms with Crippen LogP contribution in [0.2, 0.25) is 0 Å². The van der Waals surface area contributed by atoms with E-state index < -0.39 is 5.97 Å². The van der Waals surface area contributed by atoms with Crippen LogP contribution in [0.25, 0.3) is 10.2 Å². The smallest absolute Gasteiger partial charge is 0.341 e. The predicted molar refractivity (Wildman–Crippen MR) is 110 cm³/mol. The molecule has 3 aromatic rings. The number of ether oxygens (including phenoxy) is 1. The van der Waals surface area contributed by atoms with E-state index in [0.717, 1.165) is 40.1 Å². The number of nitrogens with zero attached hydrogens (tertiary/aromatic N) is 2. The zero-order valence-electron chi connectivity index (χ0n) is 15.7. The summed E-state index contributed by atoms with van der Waals surface area (Å²) >= 11 is 2.88. The van der Waals surface area contributed by atoms with Crippen LogP contribution in [-0.2, 0) is 28.9 Å². The Morgan fingerprint density at radius 2 is 2.07 bits per heavy atom. The number of esters is 1. The fraction of sp³-hybridized carbons (Fsp3) is 0.368. The number of rotatable bonds is 4. The first-order valence-electron chi connectivity index (χ1n) is 8.88. The summed E-state index contributed by atoms with van der Waals surface area (Å²) in [6, 6.07) is 0. The Morgan fingerprint density at radius 1 is 1.29 bits per heavy atom. The molecule has 9 heteroatoms. The van der Waals surface area contributed by atoms with Crippen molar-refractivity contribution >= 4 is 49.8 Å². The predicted octanol–water partition coefficient (Wildman–Crippen LogP) is 3.05. The third-order valence-corrected chi connectivity index (χ3v) is 7.36. The van der Waals surface area contributed by atoms with Crippen molar-refractivity contribution in [1.29, 1.82) is 0 Å². The highest BCUT2D eigenvalue weighted by atomic mass is 32.1. The molecular formula is C19H19N3O4S2. The zero-order valence-corrected chi connectivity index (χ0v) is 17.4. The molecule has 1 aliphatic rings. The fourth-order valence-corrected chi connectivity index (χ4v) is 5.79. The van der Waals surface area contributed by atoms with Crippen LogP contribution in [0.1, 0.15) is 37.7 Å². The number of amides is 1. The Morgan fingerprint density at radius 3 is 2.82 bits per heavy atom. The molecule has 0 saturated carbocycles. The van der Waals surface area contributed by atoms with Crippen molar-refractivity contribution in [3.8, 4) is 0 Å². The minimum absolute atomic E-state index is 0.167. The maximum atomic E-state index is 12.8. The first-order valence-corrected chi connectivity index (χ1v) is 10.5. The number of carbonyl (C=O) groups excluding carboxylic acids is 2. The molecule has 3 aromatic heterocycles. The highest BCUT2D eigenvalue weighted by Crippen LogP contribution is 2.39. The molecule has 1 aliphatic carbocycles. The topological polar surface area (TPSA) is 90.3 Å². The van der Waals surface area contributed by atoms with Crippen molar-refractivity contribution in [1.82, 2.24) is 9.55 Å². The van der Waals surface area contributed by atoms with Crippen molar-refractivity contribution in [3.05, 3.63) is 43.1 Å². The largest absolute Gasteiger partial charge is 0.465 e. The average molecular weight is 418 g/mol. The molecule has 0 atom stereocenters. The first kappa shape index (κ1) is 18.8. The second-order valence-corrected chi connectivity index (χ2v) is 9.05. The van der Waals surface area contributed by atoms with Gasteiger partial charge in [0.25, 0.3) is 5.56 Å². The van der Waals surface area contributed by atoms with Gasteiger partial charge in [-0.15, -0.1) is 22.7 Å². The lowest BCUT2D eigenvalue weighted by Crippen LogP contribution is -2.28. The molecule has 0 bridgehead atoms. The first-order chi connectivity index (χ1) is 13.4. The Balaban J connectivity index is 1.62. The van der Waals surface area contributed by atoms with Crippen LogP contribution < -0.4 is 10.9 Å². The molecule has 28 heavy (non-hydrogen) atoms. The van der Waals surface area contributed by atoms with Gasteiger partial charge in [0.1, 0.15) is 16.4 Å². The van der Waals surface area contributed by atoms with Gasteiger partial charge < -0.3 is 10.1 Å². The summed E-state index contributed by atoms with van der Waals surface area (Å²) in [4.78, 5) is 44.7. The van der Waals surface area contributed by atoms with Crippen LogP contribution in [-0.4, -0.2) is 28.5 Å². The van der Waals surface area contributed by atoms with Gasteiger partial charge in [0.05, 0.1) is 24.4 Å². The number of carbonyl (C=O) groups is 2. The molecule has 1 N–H and O–H groups in total. The highest BCUT2D eigenvalue weighted by molar-refractivity contribution is 7.18. The van der Waals surface area contributed by atoms with Crippen LogP contribution in [0.15, 0.2) is 11.1 Å². The van der Waals surface area contributed by atoms with Crippen molar-refractivity contribution in [2.24, 2.45) is 0 Å². The molecule has 0 saturated heterocycles. The van der Waals surface area contributed by atoms with Gasteiger partial charge >= 0.3 is 5.97 Å². The Bertz CT molecular complexity index is 1170. The number of thiophene rings is 2.